The van der Waals surface area contributed by atoms with Crippen LogP contribution in [-0.4, -0.2) is 83.0 Å². The number of carboxylic acid groups (broad SMARTS) is 1. The molecule has 1 aromatic rings. The summed E-state index contributed by atoms with van der Waals surface area (Å²) in [6.07, 6.45) is 5.88. The maximum Gasteiger partial charge on any atom is 0.320 e. The van der Waals surface area contributed by atoms with Gasteiger partial charge in [0, 0.05) is 38.9 Å². The van der Waals surface area contributed by atoms with Gasteiger partial charge in [-0.25, -0.2) is 4.98 Å². The van der Waals surface area contributed by atoms with Gasteiger partial charge in [0.05, 0.1) is 6.10 Å². The van der Waals surface area contributed by atoms with E-state index in [1.807, 2.05) is 24.2 Å². The molecule has 2 N–H and O–H groups in total. The maximum absolute atomic E-state index is 11.4. The molecule has 148 valence electrons. The Kier molecular flexibility index (Phi) is 4.94. The number of likely N-dealkylation sites (N-methyl/N-ethyl adjacent to an activating group) is 1. The van der Waals surface area contributed by atoms with Crippen molar-refractivity contribution >= 4 is 17.7 Å². The summed E-state index contributed by atoms with van der Waals surface area (Å²) in [5.41, 5.74) is 0.106. The first-order valence-corrected chi connectivity index (χ1v) is 9.90. The lowest BCUT2D eigenvalue weighted by molar-refractivity contribution is -0.141. The first-order chi connectivity index (χ1) is 13.0. The first-order valence-electron chi connectivity index (χ1n) is 9.90. The Hall–Kier alpha value is -1.93. The van der Waals surface area contributed by atoms with E-state index in [4.69, 9.17) is 4.98 Å². The Labute approximate surface area is 159 Å². The fraction of sp³-hybridized carbons (Fsp3) is 0.737. The summed E-state index contributed by atoms with van der Waals surface area (Å²) < 4.78 is 0. The van der Waals surface area contributed by atoms with Crippen LogP contribution in [0.2, 0.25) is 0 Å². The van der Waals surface area contributed by atoms with Gasteiger partial charge >= 0.3 is 5.97 Å². The number of piperidine rings is 2. The summed E-state index contributed by atoms with van der Waals surface area (Å²) in [6.45, 7) is 4.23. The molecular formula is C19H29N5O3. The van der Waals surface area contributed by atoms with Crippen LogP contribution in [0.15, 0.2) is 12.3 Å². The van der Waals surface area contributed by atoms with Crippen molar-refractivity contribution in [1.29, 1.82) is 0 Å². The van der Waals surface area contributed by atoms with Crippen molar-refractivity contribution in [3.05, 3.63) is 12.3 Å². The molecule has 1 aromatic heterocycles. The Morgan fingerprint density at radius 1 is 1.19 bits per heavy atom. The van der Waals surface area contributed by atoms with Gasteiger partial charge in [0.15, 0.2) is 0 Å². The number of carboxylic acids is 1. The Morgan fingerprint density at radius 2 is 1.89 bits per heavy atom. The van der Waals surface area contributed by atoms with E-state index in [2.05, 4.69) is 14.8 Å². The zero-order valence-corrected chi connectivity index (χ0v) is 15.9. The SMILES string of the molecule is CN1CC2(CCN(c3nccc(N4CCC(O)CC4)n3)CC2)C[C@@H]1C(=O)O. The van der Waals surface area contributed by atoms with Crippen molar-refractivity contribution in [3.8, 4) is 0 Å². The summed E-state index contributed by atoms with van der Waals surface area (Å²) in [7, 11) is 1.92. The van der Waals surface area contributed by atoms with E-state index in [9.17, 15) is 15.0 Å². The number of rotatable bonds is 3. The number of aliphatic hydroxyl groups excluding tert-OH is 1. The predicted octanol–water partition coefficient (Wildman–Crippen LogP) is 0.813. The molecule has 0 aromatic carbocycles. The number of aliphatic carboxylic acids is 1. The Bertz CT molecular complexity index is 684. The van der Waals surface area contributed by atoms with Gasteiger partial charge in [-0.1, -0.05) is 0 Å². The number of nitrogens with zero attached hydrogens (tertiary/aromatic N) is 5. The number of aliphatic hydroxyl groups is 1. The van der Waals surface area contributed by atoms with Crippen LogP contribution in [0.1, 0.15) is 32.1 Å². The second-order valence-electron chi connectivity index (χ2n) is 8.39. The zero-order valence-electron chi connectivity index (χ0n) is 15.9. The summed E-state index contributed by atoms with van der Waals surface area (Å²) in [6, 6.07) is 1.58. The molecule has 3 saturated heterocycles. The molecule has 27 heavy (non-hydrogen) atoms. The highest BCUT2D eigenvalue weighted by Gasteiger charge is 2.46. The molecule has 3 fully saturated rings. The fourth-order valence-electron chi connectivity index (χ4n) is 4.85. The van der Waals surface area contributed by atoms with Crippen molar-refractivity contribution in [2.24, 2.45) is 5.41 Å². The lowest BCUT2D eigenvalue weighted by Crippen LogP contribution is -2.42. The predicted molar refractivity (Wildman–Crippen MR) is 102 cm³/mol. The second-order valence-corrected chi connectivity index (χ2v) is 8.39. The van der Waals surface area contributed by atoms with Crippen molar-refractivity contribution < 1.29 is 15.0 Å². The molecule has 0 amide bonds. The number of hydrogen-bond donors (Lipinski definition) is 2. The van der Waals surface area contributed by atoms with Crippen LogP contribution in [0.3, 0.4) is 0 Å². The molecule has 4 heterocycles. The van der Waals surface area contributed by atoms with Crippen LogP contribution in [0, 0.1) is 5.41 Å². The average molecular weight is 375 g/mol. The first kappa shape index (κ1) is 18.4. The third-order valence-electron chi connectivity index (χ3n) is 6.55. The minimum absolute atomic E-state index is 0.106. The quantitative estimate of drug-likeness (QED) is 0.802. The number of carbonyl (C=O) groups is 1. The molecule has 3 aliphatic rings. The Morgan fingerprint density at radius 3 is 2.52 bits per heavy atom. The smallest absolute Gasteiger partial charge is 0.320 e. The summed E-state index contributed by atoms with van der Waals surface area (Å²) >= 11 is 0. The minimum atomic E-state index is -0.709. The maximum atomic E-state index is 11.4. The molecule has 0 unspecified atom stereocenters. The molecule has 8 heteroatoms. The van der Waals surface area contributed by atoms with E-state index < -0.39 is 5.97 Å². The van der Waals surface area contributed by atoms with E-state index in [1.54, 1.807) is 0 Å². The van der Waals surface area contributed by atoms with E-state index in [1.165, 1.54) is 0 Å². The van der Waals surface area contributed by atoms with Crippen LogP contribution in [0.5, 0.6) is 0 Å². The topological polar surface area (TPSA) is 93.0 Å². The third-order valence-corrected chi connectivity index (χ3v) is 6.55. The van der Waals surface area contributed by atoms with Crippen LogP contribution in [0.25, 0.3) is 0 Å². The lowest BCUT2D eigenvalue weighted by atomic mass is 9.76. The minimum Gasteiger partial charge on any atom is -0.480 e. The molecule has 0 radical (unpaired) electrons. The highest BCUT2D eigenvalue weighted by molar-refractivity contribution is 5.74. The molecule has 8 nitrogen and oxygen atoms in total. The van der Waals surface area contributed by atoms with E-state index in [0.29, 0.717) is 0 Å². The van der Waals surface area contributed by atoms with Gasteiger partial charge in [0.25, 0.3) is 0 Å². The highest BCUT2D eigenvalue weighted by atomic mass is 16.4. The van der Waals surface area contributed by atoms with Gasteiger partial charge in [-0.05, 0) is 50.6 Å². The Balaban J connectivity index is 1.40. The van der Waals surface area contributed by atoms with E-state index in [0.717, 1.165) is 76.6 Å². The normalized spacial score (nSPS) is 26.7. The standard InChI is InChI=1S/C19H29N5O3/c1-22-13-19(12-15(22)17(26)27)5-10-24(11-6-19)18-20-7-2-16(21-18)23-8-3-14(25)4-9-23/h2,7,14-15,25H,3-6,8-13H2,1H3,(H,26,27)/t15-/m1/s1. The van der Waals surface area contributed by atoms with Crippen LogP contribution in [0.4, 0.5) is 11.8 Å². The largest absolute Gasteiger partial charge is 0.480 e. The number of anilines is 2. The second kappa shape index (κ2) is 7.24. The molecule has 3 aliphatic heterocycles. The van der Waals surface area contributed by atoms with Gasteiger partial charge in [-0.15, -0.1) is 0 Å². The number of aromatic nitrogens is 2. The van der Waals surface area contributed by atoms with E-state index in [-0.39, 0.29) is 17.6 Å². The third kappa shape index (κ3) is 3.73. The van der Waals surface area contributed by atoms with E-state index >= 15 is 0 Å². The average Bonchev–Trinajstić information content (AvgIpc) is 2.99. The van der Waals surface area contributed by atoms with Gasteiger partial charge in [0.1, 0.15) is 11.9 Å². The number of hydrogen-bond acceptors (Lipinski definition) is 7. The zero-order chi connectivity index (χ0) is 19.0. The molecule has 1 atom stereocenters. The van der Waals surface area contributed by atoms with Crippen molar-refractivity contribution in [1.82, 2.24) is 14.9 Å². The van der Waals surface area contributed by atoms with Gasteiger partial charge < -0.3 is 20.0 Å². The number of likely N-dealkylation sites (tertiary alicyclic amines) is 1. The molecule has 1 spiro atoms. The van der Waals surface area contributed by atoms with Crippen molar-refractivity contribution in [3.63, 3.8) is 0 Å². The fourth-order valence-corrected chi connectivity index (χ4v) is 4.85. The van der Waals surface area contributed by atoms with Gasteiger partial charge in [-0.3, -0.25) is 9.69 Å². The monoisotopic (exact) mass is 375 g/mol. The summed E-state index contributed by atoms with van der Waals surface area (Å²) in [5.74, 6) is 0.979. The molecule has 0 bridgehead atoms. The highest BCUT2D eigenvalue weighted by Crippen LogP contribution is 2.43. The summed E-state index contributed by atoms with van der Waals surface area (Å²) in [5, 5.41) is 19.1. The molecule has 4 rings (SSSR count). The van der Waals surface area contributed by atoms with Gasteiger partial charge in [-0.2, -0.15) is 4.98 Å². The van der Waals surface area contributed by atoms with Crippen LogP contribution >= 0.6 is 0 Å². The molecule has 0 saturated carbocycles. The van der Waals surface area contributed by atoms with Gasteiger partial charge in [0.2, 0.25) is 5.95 Å². The molecule has 0 aliphatic carbocycles. The summed E-state index contributed by atoms with van der Waals surface area (Å²) in [4.78, 5) is 27.1. The van der Waals surface area contributed by atoms with Crippen LogP contribution < -0.4 is 9.80 Å². The lowest BCUT2D eigenvalue weighted by Gasteiger charge is -2.39. The van der Waals surface area contributed by atoms with Crippen LogP contribution in [-0.2, 0) is 4.79 Å². The molecular weight excluding hydrogens is 346 g/mol. The van der Waals surface area contributed by atoms with Crippen molar-refractivity contribution in [2.75, 3.05) is 49.6 Å². The van der Waals surface area contributed by atoms with Crippen molar-refractivity contribution in [2.45, 2.75) is 44.2 Å².